The molecule has 4 heteroatoms. The van der Waals surface area contributed by atoms with E-state index < -0.39 is 5.97 Å². The molecule has 0 spiro atoms. The molecule has 74 valence electrons. The summed E-state index contributed by atoms with van der Waals surface area (Å²) in [6.45, 7) is 1.80. The molecule has 14 heavy (non-hydrogen) atoms. The summed E-state index contributed by atoms with van der Waals surface area (Å²) >= 11 is 0. The van der Waals surface area contributed by atoms with Crippen LogP contribution in [0.5, 0.6) is 0 Å². The van der Waals surface area contributed by atoms with Gasteiger partial charge in [-0.25, -0.2) is 9.78 Å². The predicted molar refractivity (Wildman–Crippen MR) is 52.6 cm³/mol. The van der Waals surface area contributed by atoms with E-state index in [1.807, 2.05) is 0 Å². The van der Waals surface area contributed by atoms with Crippen LogP contribution in [0.15, 0.2) is 12.1 Å². The molecule has 0 aliphatic heterocycles. The highest BCUT2D eigenvalue weighted by Crippen LogP contribution is 2.24. The quantitative estimate of drug-likeness (QED) is 0.764. The van der Waals surface area contributed by atoms with Crippen molar-refractivity contribution < 1.29 is 9.90 Å². The lowest BCUT2D eigenvalue weighted by Gasteiger charge is -2.05. The Bertz CT molecular complexity index is 372. The van der Waals surface area contributed by atoms with Crippen LogP contribution in [0.3, 0.4) is 0 Å². The van der Waals surface area contributed by atoms with E-state index in [4.69, 9.17) is 5.11 Å². The molecule has 1 heterocycles. The van der Waals surface area contributed by atoms with Crippen LogP contribution in [0.25, 0.3) is 0 Å². The largest absolute Gasteiger partial charge is 0.478 e. The highest BCUT2D eigenvalue weighted by molar-refractivity contribution is 5.88. The fraction of sp³-hybridized carbons (Fsp3) is 0.400. The molecular weight excluding hydrogens is 180 g/mol. The van der Waals surface area contributed by atoms with Crippen LogP contribution in [0, 0.1) is 6.92 Å². The second kappa shape index (κ2) is 3.29. The van der Waals surface area contributed by atoms with Crippen LogP contribution in [-0.4, -0.2) is 22.1 Å². The molecule has 1 aromatic rings. The molecule has 1 fully saturated rings. The Morgan fingerprint density at radius 3 is 2.86 bits per heavy atom. The second-order valence-corrected chi connectivity index (χ2v) is 3.61. The summed E-state index contributed by atoms with van der Waals surface area (Å²) in [6.07, 6.45) is 2.30. The summed E-state index contributed by atoms with van der Waals surface area (Å²) in [6, 6.07) is 3.64. The molecule has 1 aliphatic carbocycles. The molecule has 0 amide bonds. The van der Waals surface area contributed by atoms with E-state index >= 15 is 0 Å². The number of aromatic nitrogens is 1. The van der Waals surface area contributed by atoms with E-state index in [0.717, 1.165) is 18.5 Å². The summed E-state index contributed by atoms with van der Waals surface area (Å²) in [7, 11) is 0. The third-order valence-electron chi connectivity index (χ3n) is 2.13. The van der Waals surface area contributed by atoms with E-state index in [2.05, 4.69) is 10.3 Å². The smallest absolute Gasteiger partial charge is 0.335 e. The van der Waals surface area contributed by atoms with Gasteiger partial charge in [0.05, 0.1) is 5.56 Å². The van der Waals surface area contributed by atoms with Crippen molar-refractivity contribution in [3.05, 3.63) is 23.4 Å². The number of nitrogens with one attached hydrogen (secondary N) is 1. The third-order valence-corrected chi connectivity index (χ3v) is 2.13. The van der Waals surface area contributed by atoms with Gasteiger partial charge < -0.3 is 10.4 Å². The average molecular weight is 192 g/mol. The normalized spacial score (nSPS) is 15.2. The van der Waals surface area contributed by atoms with Crippen molar-refractivity contribution in [3.63, 3.8) is 0 Å². The highest BCUT2D eigenvalue weighted by Gasteiger charge is 2.21. The minimum atomic E-state index is -0.908. The Kier molecular flexibility index (Phi) is 2.11. The molecule has 1 aliphatic rings. The second-order valence-electron chi connectivity index (χ2n) is 3.61. The van der Waals surface area contributed by atoms with Crippen molar-refractivity contribution in [3.8, 4) is 0 Å². The van der Waals surface area contributed by atoms with Gasteiger partial charge in [0.15, 0.2) is 0 Å². The van der Waals surface area contributed by atoms with Crippen LogP contribution in [0.1, 0.15) is 28.9 Å². The molecule has 0 bridgehead atoms. The van der Waals surface area contributed by atoms with Gasteiger partial charge in [0.1, 0.15) is 5.82 Å². The summed E-state index contributed by atoms with van der Waals surface area (Å²) in [5.74, 6) is -0.237. The van der Waals surface area contributed by atoms with Gasteiger partial charge in [-0.1, -0.05) is 0 Å². The number of carboxylic acids is 1. The van der Waals surface area contributed by atoms with E-state index in [9.17, 15) is 4.79 Å². The molecule has 4 nitrogen and oxygen atoms in total. The van der Waals surface area contributed by atoms with Crippen molar-refractivity contribution in [2.75, 3.05) is 5.32 Å². The number of anilines is 1. The van der Waals surface area contributed by atoms with Crippen molar-refractivity contribution in [1.29, 1.82) is 0 Å². The average Bonchev–Trinajstić information content (AvgIpc) is 2.87. The first-order chi connectivity index (χ1) is 6.65. The minimum Gasteiger partial charge on any atom is -0.478 e. The van der Waals surface area contributed by atoms with Gasteiger partial charge in [-0.05, 0) is 31.9 Å². The summed E-state index contributed by atoms with van der Waals surface area (Å²) < 4.78 is 0. The zero-order valence-electron chi connectivity index (χ0n) is 7.95. The standard InChI is InChI=1S/C10H12N2O2/c1-6-4-7(10(13)14)5-9(11-6)12-8-2-3-8/h4-5,8H,2-3H2,1H3,(H,11,12)(H,13,14). The van der Waals surface area contributed by atoms with E-state index in [-0.39, 0.29) is 0 Å². The number of aryl methyl sites for hydroxylation is 1. The molecule has 2 N–H and O–H groups in total. The Morgan fingerprint density at radius 2 is 2.29 bits per heavy atom. The maximum Gasteiger partial charge on any atom is 0.335 e. The van der Waals surface area contributed by atoms with Crippen molar-refractivity contribution in [2.45, 2.75) is 25.8 Å². The van der Waals surface area contributed by atoms with Crippen LogP contribution in [0.2, 0.25) is 0 Å². The summed E-state index contributed by atoms with van der Waals surface area (Å²) in [5.41, 5.74) is 1.02. The van der Waals surface area contributed by atoms with Crippen molar-refractivity contribution in [2.24, 2.45) is 0 Å². The molecule has 0 radical (unpaired) electrons. The van der Waals surface area contributed by atoms with Crippen LogP contribution in [0.4, 0.5) is 5.82 Å². The van der Waals surface area contributed by atoms with Gasteiger partial charge in [0.25, 0.3) is 0 Å². The first-order valence-electron chi connectivity index (χ1n) is 4.63. The SMILES string of the molecule is Cc1cc(C(=O)O)cc(NC2CC2)n1. The Hall–Kier alpha value is -1.58. The number of carboxylic acid groups (broad SMARTS) is 1. The Morgan fingerprint density at radius 1 is 1.57 bits per heavy atom. The molecular formula is C10H12N2O2. The molecule has 0 atom stereocenters. The number of hydrogen-bond donors (Lipinski definition) is 2. The third kappa shape index (κ3) is 2.02. The number of nitrogens with zero attached hydrogens (tertiary/aromatic N) is 1. The van der Waals surface area contributed by atoms with Crippen LogP contribution >= 0.6 is 0 Å². The van der Waals surface area contributed by atoms with Crippen LogP contribution < -0.4 is 5.32 Å². The number of carbonyl (C=O) groups is 1. The van der Waals surface area contributed by atoms with E-state index in [1.54, 1.807) is 19.1 Å². The molecule has 2 rings (SSSR count). The van der Waals surface area contributed by atoms with Gasteiger partial charge in [0.2, 0.25) is 0 Å². The maximum absolute atomic E-state index is 10.8. The number of aromatic carboxylic acids is 1. The van der Waals surface area contributed by atoms with Gasteiger partial charge in [-0.15, -0.1) is 0 Å². The molecule has 0 unspecified atom stereocenters. The fourth-order valence-corrected chi connectivity index (χ4v) is 1.30. The maximum atomic E-state index is 10.8. The molecule has 0 saturated heterocycles. The molecule has 0 aromatic carbocycles. The van der Waals surface area contributed by atoms with Crippen molar-refractivity contribution in [1.82, 2.24) is 4.98 Å². The Labute approximate surface area is 82.0 Å². The lowest BCUT2D eigenvalue weighted by molar-refractivity contribution is 0.0696. The monoisotopic (exact) mass is 192 g/mol. The zero-order valence-corrected chi connectivity index (χ0v) is 7.95. The fourth-order valence-electron chi connectivity index (χ4n) is 1.30. The number of rotatable bonds is 3. The minimum absolute atomic E-state index is 0.292. The summed E-state index contributed by atoms with van der Waals surface area (Å²) in [5, 5.41) is 12.0. The number of hydrogen-bond acceptors (Lipinski definition) is 3. The van der Waals surface area contributed by atoms with Gasteiger partial charge in [-0.3, -0.25) is 0 Å². The summed E-state index contributed by atoms with van der Waals surface area (Å²) in [4.78, 5) is 15.0. The molecule has 1 saturated carbocycles. The predicted octanol–water partition coefficient (Wildman–Crippen LogP) is 1.66. The first kappa shape index (κ1) is 8.99. The number of pyridine rings is 1. The zero-order chi connectivity index (χ0) is 10.1. The van der Waals surface area contributed by atoms with E-state index in [0.29, 0.717) is 17.4 Å². The van der Waals surface area contributed by atoms with Gasteiger partial charge in [-0.2, -0.15) is 0 Å². The van der Waals surface area contributed by atoms with E-state index in [1.165, 1.54) is 0 Å². The van der Waals surface area contributed by atoms with Gasteiger partial charge >= 0.3 is 5.97 Å². The molecule has 1 aromatic heterocycles. The lowest BCUT2D eigenvalue weighted by atomic mass is 10.2. The first-order valence-corrected chi connectivity index (χ1v) is 4.63. The van der Waals surface area contributed by atoms with Crippen molar-refractivity contribution >= 4 is 11.8 Å². The lowest BCUT2D eigenvalue weighted by Crippen LogP contribution is -2.06. The highest BCUT2D eigenvalue weighted by atomic mass is 16.4. The Balaban J connectivity index is 2.25. The van der Waals surface area contributed by atoms with Crippen LogP contribution in [-0.2, 0) is 0 Å². The topological polar surface area (TPSA) is 62.2 Å². The van der Waals surface area contributed by atoms with Gasteiger partial charge in [0, 0.05) is 11.7 Å².